The van der Waals surface area contributed by atoms with Gasteiger partial charge in [-0.2, -0.15) is 0 Å². The molecule has 0 rings (SSSR count). The average Bonchev–Trinajstić information content (AvgIpc) is 2.49. The Kier molecular flexibility index (Phi) is 21.5. The van der Waals surface area contributed by atoms with E-state index in [2.05, 4.69) is 11.1 Å². The zero-order valence-corrected chi connectivity index (χ0v) is 18.4. The van der Waals surface area contributed by atoms with Crippen molar-refractivity contribution >= 4 is 10.4 Å². The quantitative estimate of drug-likeness (QED) is 0.105. The first kappa shape index (κ1) is 26.4. The van der Waals surface area contributed by atoms with Gasteiger partial charge in [0, 0.05) is 0 Å². The van der Waals surface area contributed by atoms with E-state index in [0.29, 0.717) is 0 Å². The van der Waals surface area contributed by atoms with Crippen LogP contribution < -0.4 is 29.6 Å². The van der Waals surface area contributed by atoms with Gasteiger partial charge in [-0.25, -0.2) is 8.42 Å². The van der Waals surface area contributed by atoms with Gasteiger partial charge in [-0.3, -0.25) is 0 Å². The van der Waals surface area contributed by atoms with Crippen molar-refractivity contribution < 1.29 is 46.7 Å². The van der Waals surface area contributed by atoms with Crippen molar-refractivity contribution in [3.63, 3.8) is 0 Å². The van der Waals surface area contributed by atoms with Crippen molar-refractivity contribution in [2.45, 2.75) is 90.4 Å². The Morgan fingerprint density at radius 2 is 1.25 bits per heavy atom. The minimum Gasteiger partial charge on any atom is -0.716 e. The predicted molar refractivity (Wildman–Crippen MR) is 94.8 cm³/mol. The van der Waals surface area contributed by atoms with E-state index in [1.807, 2.05) is 6.08 Å². The Morgan fingerprint density at radius 1 is 0.792 bits per heavy atom. The molecule has 0 atom stereocenters. The van der Waals surface area contributed by atoms with E-state index in [0.717, 1.165) is 19.1 Å². The van der Waals surface area contributed by atoms with Crippen molar-refractivity contribution in [1.82, 2.24) is 0 Å². The molecule has 0 aliphatic rings. The molecule has 0 amide bonds. The van der Waals surface area contributed by atoms with Gasteiger partial charge in [0.2, 0.25) is 0 Å². The number of unbranched alkanes of at least 4 members (excludes halogenated alkanes) is 12. The van der Waals surface area contributed by atoms with Crippen LogP contribution in [0.5, 0.6) is 0 Å². The second-order valence-electron chi connectivity index (χ2n) is 5.94. The standard InChI is InChI=1S/C18H34O4S.Na/c1-2-3-4-5-6-7-8-9-10-11-12-13-14-15-16-17-18-22-23(19,20)21;/h15-18H,2-14H2,1H3,(H,19,20,21);/q;+1/p-1/b16-15+,18-17+;. The van der Waals surface area contributed by atoms with Crippen LogP contribution in [-0.4, -0.2) is 13.0 Å². The fourth-order valence-electron chi connectivity index (χ4n) is 2.42. The van der Waals surface area contributed by atoms with E-state index in [1.165, 1.54) is 76.7 Å². The molecule has 0 aliphatic carbocycles. The van der Waals surface area contributed by atoms with Crippen LogP contribution >= 0.6 is 0 Å². The molecule has 0 unspecified atom stereocenters. The Bertz CT molecular complexity index is 405. The zero-order valence-electron chi connectivity index (χ0n) is 15.5. The maximum atomic E-state index is 10.1. The Morgan fingerprint density at radius 3 is 1.71 bits per heavy atom. The topological polar surface area (TPSA) is 66.4 Å². The van der Waals surface area contributed by atoms with Gasteiger partial charge in [-0.05, 0) is 18.9 Å². The molecule has 0 saturated carbocycles. The maximum Gasteiger partial charge on any atom is 1.00 e. The normalized spacial score (nSPS) is 11.9. The SMILES string of the molecule is CCCCCCCCCCCCCC/C=C/C=C/OS(=O)(=O)[O-].[Na+]. The minimum absolute atomic E-state index is 0. The fourth-order valence-corrected chi connectivity index (χ4v) is 2.62. The van der Waals surface area contributed by atoms with Crippen LogP contribution in [0.2, 0.25) is 0 Å². The summed E-state index contributed by atoms with van der Waals surface area (Å²) in [5.74, 6) is 0. The van der Waals surface area contributed by atoms with Gasteiger partial charge in [-0.15, -0.1) is 0 Å². The van der Waals surface area contributed by atoms with E-state index < -0.39 is 10.4 Å². The van der Waals surface area contributed by atoms with Crippen LogP contribution in [0.4, 0.5) is 0 Å². The van der Waals surface area contributed by atoms with Crippen molar-refractivity contribution in [2.24, 2.45) is 0 Å². The van der Waals surface area contributed by atoms with E-state index >= 15 is 0 Å². The first-order valence-electron chi connectivity index (χ1n) is 9.02. The molecule has 0 saturated heterocycles. The third kappa shape index (κ3) is 24.4. The van der Waals surface area contributed by atoms with Crippen LogP contribution in [0.3, 0.4) is 0 Å². The van der Waals surface area contributed by atoms with Crippen LogP contribution in [0.15, 0.2) is 24.5 Å². The van der Waals surface area contributed by atoms with Crippen LogP contribution in [0.1, 0.15) is 90.4 Å². The monoisotopic (exact) mass is 368 g/mol. The van der Waals surface area contributed by atoms with E-state index in [9.17, 15) is 13.0 Å². The molecular formula is C18H33NaO4S. The molecule has 0 spiro atoms. The van der Waals surface area contributed by atoms with Gasteiger partial charge >= 0.3 is 29.6 Å². The molecular weight excluding hydrogens is 335 g/mol. The Labute approximate surface area is 171 Å². The van der Waals surface area contributed by atoms with E-state index in [1.54, 1.807) is 6.08 Å². The average molecular weight is 369 g/mol. The molecule has 4 nitrogen and oxygen atoms in total. The summed E-state index contributed by atoms with van der Waals surface area (Å²) in [6.07, 6.45) is 22.9. The van der Waals surface area contributed by atoms with Crippen LogP contribution in [-0.2, 0) is 14.6 Å². The van der Waals surface area contributed by atoms with Gasteiger partial charge < -0.3 is 8.74 Å². The van der Waals surface area contributed by atoms with Crippen molar-refractivity contribution in [3.05, 3.63) is 24.5 Å². The molecule has 24 heavy (non-hydrogen) atoms. The molecule has 136 valence electrons. The van der Waals surface area contributed by atoms with Crippen molar-refractivity contribution in [2.75, 3.05) is 0 Å². The predicted octanol–water partition coefficient (Wildman–Crippen LogP) is 2.63. The summed E-state index contributed by atoms with van der Waals surface area (Å²) in [5.41, 5.74) is 0. The molecule has 0 N–H and O–H groups in total. The van der Waals surface area contributed by atoms with Gasteiger partial charge in [-0.1, -0.05) is 89.7 Å². The maximum absolute atomic E-state index is 10.1. The largest absolute Gasteiger partial charge is 1.00 e. The molecule has 6 heteroatoms. The summed E-state index contributed by atoms with van der Waals surface area (Å²) < 4.78 is 34.3. The summed E-state index contributed by atoms with van der Waals surface area (Å²) in [7, 11) is -4.62. The number of rotatable bonds is 16. The molecule has 0 aromatic rings. The number of allylic oxidation sites excluding steroid dienone is 3. The fraction of sp³-hybridized carbons (Fsp3) is 0.778. The second kappa shape index (κ2) is 19.5. The molecule has 0 fully saturated rings. The number of hydrogen-bond acceptors (Lipinski definition) is 4. The first-order valence-corrected chi connectivity index (χ1v) is 10.4. The molecule has 0 aliphatic heterocycles. The van der Waals surface area contributed by atoms with Crippen LogP contribution in [0, 0.1) is 0 Å². The Balaban J connectivity index is 0. The van der Waals surface area contributed by atoms with E-state index in [-0.39, 0.29) is 29.6 Å². The minimum atomic E-state index is -4.62. The Hall–Kier alpha value is 0.190. The second-order valence-corrected chi connectivity index (χ2v) is 6.95. The summed E-state index contributed by atoms with van der Waals surface area (Å²) in [4.78, 5) is 0. The molecule has 0 aromatic carbocycles. The molecule has 0 radical (unpaired) electrons. The van der Waals surface area contributed by atoms with Gasteiger partial charge in [0.15, 0.2) is 0 Å². The smallest absolute Gasteiger partial charge is 0.716 e. The van der Waals surface area contributed by atoms with E-state index in [4.69, 9.17) is 0 Å². The van der Waals surface area contributed by atoms with Crippen molar-refractivity contribution in [1.29, 1.82) is 0 Å². The van der Waals surface area contributed by atoms with Gasteiger partial charge in [0.05, 0.1) is 0 Å². The summed E-state index contributed by atoms with van der Waals surface area (Å²) in [6.45, 7) is 2.25. The van der Waals surface area contributed by atoms with Crippen molar-refractivity contribution in [3.8, 4) is 0 Å². The third-order valence-corrected chi connectivity index (χ3v) is 4.07. The molecule has 0 bridgehead atoms. The third-order valence-electron chi connectivity index (χ3n) is 3.72. The molecule has 0 heterocycles. The first-order chi connectivity index (χ1) is 11.1. The summed E-state index contributed by atoms with van der Waals surface area (Å²) in [6, 6.07) is 0. The summed E-state index contributed by atoms with van der Waals surface area (Å²) >= 11 is 0. The van der Waals surface area contributed by atoms with Crippen LogP contribution in [0.25, 0.3) is 0 Å². The number of hydrogen-bond donors (Lipinski definition) is 0. The van der Waals surface area contributed by atoms with Gasteiger partial charge in [0.25, 0.3) is 10.4 Å². The molecule has 0 aromatic heterocycles. The zero-order chi connectivity index (χ0) is 17.2. The van der Waals surface area contributed by atoms with Gasteiger partial charge in [0.1, 0.15) is 6.26 Å². The summed E-state index contributed by atoms with van der Waals surface area (Å²) in [5, 5.41) is 0.